The third-order valence-electron chi connectivity index (χ3n) is 5.39. The average molecular weight is 477 g/mol. The summed E-state index contributed by atoms with van der Waals surface area (Å²) in [6.07, 6.45) is 1.77. The van der Waals surface area contributed by atoms with Gasteiger partial charge in [0.25, 0.3) is 10.0 Å². The molecule has 2 aromatic carbocycles. The van der Waals surface area contributed by atoms with Crippen molar-refractivity contribution in [2.24, 2.45) is 0 Å². The first-order valence-corrected chi connectivity index (χ1v) is 12.0. The van der Waals surface area contributed by atoms with E-state index in [1.165, 1.54) is 26.4 Å². The summed E-state index contributed by atoms with van der Waals surface area (Å²) in [7, 11) is -2.34. The molecular formula is C21H21FN4O4S2. The van der Waals surface area contributed by atoms with Crippen LogP contribution in [0.15, 0.2) is 47.6 Å². The van der Waals surface area contributed by atoms with Crippen molar-refractivity contribution in [3.63, 3.8) is 0 Å². The number of benzene rings is 2. The maximum Gasteiger partial charge on any atom is 0.263 e. The Morgan fingerprint density at radius 1 is 1.28 bits per heavy atom. The van der Waals surface area contributed by atoms with Gasteiger partial charge in [0, 0.05) is 30.6 Å². The first kappa shape index (κ1) is 22.2. The maximum absolute atomic E-state index is 13.2. The van der Waals surface area contributed by atoms with E-state index in [9.17, 15) is 17.6 Å². The molecule has 0 radical (unpaired) electrons. The molecule has 0 aliphatic carbocycles. The number of fused-ring (bicyclic) bond motifs is 1. The lowest BCUT2D eigenvalue weighted by Crippen LogP contribution is -2.39. The van der Waals surface area contributed by atoms with Crippen molar-refractivity contribution in [1.29, 1.82) is 0 Å². The Kier molecular flexibility index (Phi) is 6.11. The lowest BCUT2D eigenvalue weighted by Gasteiger charge is -2.38. The first-order chi connectivity index (χ1) is 15.3. The van der Waals surface area contributed by atoms with Crippen molar-refractivity contribution in [1.82, 2.24) is 14.3 Å². The molecule has 1 unspecified atom stereocenters. The van der Waals surface area contributed by atoms with E-state index in [-0.39, 0.29) is 15.9 Å². The van der Waals surface area contributed by atoms with Crippen LogP contribution in [0.25, 0.3) is 0 Å². The number of amides is 1. The van der Waals surface area contributed by atoms with Crippen molar-refractivity contribution in [3.8, 4) is 5.75 Å². The Balaban J connectivity index is 1.78. The number of hydrogen-bond acceptors (Lipinski definition) is 7. The van der Waals surface area contributed by atoms with Gasteiger partial charge in [0.05, 0.1) is 18.0 Å². The number of alkyl halides is 1. The van der Waals surface area contributed by atoms with Crippen molar-refractivity contribution >= 4 is 32.6 Å². The fourth-order valence-corrected chi connectivity index (χ4v) is 5.61. The number of anilines is 1. The van der Waals surface area contributed by atoms with Crippen LogP contribution in [0.1, 0.15) is 35.2 Å². The summed E-state index contributed by atoms with van der Waals surface area (Å²) >= 11 is 0.945. The lowest BCUT2D eigenvalue weighted by molar-refractivity contribution is -0.130. The molecule has 2 heterocycles. The van der Waals surface area contributed by atoms with Gasteiger partial charge in [-0.15, -0.1) is 0 Å². The van der Waals surface area contributed by atoms with E-state index in [1.807, 2.05) is 0 Å². The van der Waals surface area contributed by atoms with E-state index in [4.69, 9.17) is 4.74 Å². The number of nitrogens with one attached hydrogen (secondary N) is 1. The summed E-state index contributed by atoms with van der Waals surface area (Å²) in [6, 6.07) is 9.39. The normalized spacial score (nSPS) is 15.8. The van der Waals surface area contributed by atoms with Crippen LogP contribution in [0.4, 0.5) is 9.52 Å². The smallest absolute Gasteiger partial charge is 0.263 e. The molecule has 0 bridgehead atoms. The minimum Gasteiger partial charge on any atom is -0.496 e. The molecule has 0 fully saturated rings. The molecule has 11 heteroatoms. The van der Waals surface area contributed by atoms with Gasteiger partial charge in [-0.1, -0.05) is 18.2 Å². The van der Waals surface area contributed by atoms with Gasteiger partial charge in [-0.3, -0.25) is 9.52 Å². The quantitative estimate of drug-likeness (QED) is 0.586. The zero-order valence-electron chi connectivity index (χ0n) is 17.4. The number of methoxy groups -OCH3 is 1. The van der Waals surface area contributed by atoms with E-state index in [2.05, 4.69) is 14.1 Å². The standard InChI is InChI=1S/C21H21FN4O4S2/c1-13(27)26-8-7-15-10-16(32(28,29)25-21-23-12-24-31-21)4-6-17(15)20(26)18-5-3-14(11-22)9-19(18)30-2/h3-6,9-10,12,20H,7-8,11H2,1-2H3,(H,23,24,25). The molecule has 1 aromatic heterocycles. The zero-order chi connectivity index (χ0) is 22.9. The number of sulfonamides is 1. The molecule has 168 valence electrons. The van der Waals surface area contributed by atoms with Crippen LogP contribution in [-0.4, -0.2) is 42.2 Å². The lowest BCUT2D eigenvalue weighted by atomic mass is 9.87. The molecule has 3 aromatic rings. The molecule has 1 aliphatic heterocycles. The molecule has 0 saturated carbocycles. The molecular weight excluding hydrogens is 455 g/mol. The van der Waals surface area contributed by atoms with E-state index >= 15 is 0 Å². The van der Waals surface area contributed by atoms with Gasteiger partial charge in [-0.05, 0) is 41.3 Å². The number of rotatable bonds is 6. The highest BCUT2D eigenvalue weighted by atomic mass is 32.2. The summed E-state index contributed by atoms with van der Waals surface area (Å²) < 4.78 is 50.5. The highest BCUT2D eigenvalue weighted by Crippen LogP contribution is 2.40. The Morgan fingerprint density at radius 2 is 2.06 bits per heavy atom. The van der Waals surface area contributed by atoms with E-state index in [0.29, 0.717) is 29.8 Å². The number of hydrogen-bond donors (Lipinski definition) is 1. The van der Waals surface area contributed by atoms with Crippen molar-refractivity contribution in [2.75, 3.05) is 18.4 Å². The fourth-order valence-electron chi connectivity index (χ4n) is 3.90. The van der Waals surface area contributed by atoms with Crippen molar-refractivity contribution < 1.29 is 22.3 Å². The molecule has 1 atom stereocenters. The number of aromatic nitrogens is 2. The fraction of sp³-hybridized carbons (Fsp3) is 0.286. The van der Waals surface area contributed by atoms with Gasteiger partial charge >= 0.3 is 0 Å². The number of halogens is 1. The second-order valence-electron chi connectivity index (χ2n) is 7.29. The predicted octanol–water partition coefficient (Wildman–Crippen LogP) is 3.31. The topological polar surface area (TPSA) is 101 Å². The largest absolute Gasteiger partial charge is 0.496 e. The molecule has 1 N–H and O–H groups in total. The van der Waals surface area contributed by atoms with Crippen LogP contribution in [0.2, 0.25) is 0 Å². The van der Waals surface area contributed by atoms with Crippen LogP contribution in [-0.2, 0) is 27.9 Å². The van der Waals surface area contributed by atoms with Crippen LogP contribution in [0.5, 0.6) is 5.75 Å². The number of nitrogens with zero attached hydrogens (tertiary/aromatic N) is 3. The predicted molar refractivity (Wildman–Crippen MR) is 118 cm³/mol. The second-order valence-corrected chi connectivity index (χ2v) is 9.75. The molecule has 32 heavy (non-hydrogen) atoms. The maximum atomic E-state index is 13.2. The first-order valence-electron chi connectivity index (χ1n) is 9.76. The van der Waals surface area contributed by atoms with E-state index in [0.717, 1.165) is 22.7 Å². The van der Waals surface area contributed by atoms with Crippen molar-refractivity contribution in [3.05, 3.63) is 65.0 Å². The van der Waals surface area contributed by atoms with Gasteiger partial charge in [0.15, 0.2) is 0 Å². The van der Waals surface area contributed by atoms with E-state index in [1.54, 1.807) is 35.2 Å². The summed E-state index contributed by atoms with van der Waals surface area (Å²) in [6.45, 7) is 1.27. The second kappa shape index (κ2) is 8.83. The molecule has 0 spiro atoms. The van der Waals surface area contributed by atoms with Crippen LogP contribution in [0.3, 0.4) is 0 Å². The summed E-state index contributed by atoms with van der Waals surface area (Å²) in [5.74, 6) is 0.353. The Hall–Kier alpha value is -3.05. The van der Waals surface area contributed by atoms with Gasteiger partial charge in [-0.2, -0.15) is 4.37 Å². The monoisotopic (exact) mass is 476 g/mol. The summed E-state index contributed by atoms with van der Waals surface area (Å²) in [5.41, 5.74) is 2.79. The SMILES string of the molecule is COc1cc(CF)ccc1C1c2ccc(S(=O)(=O)Nc3ncns3)cc2CCN1C(C)=O. The number of carbonyl (C=O) groups excluding carboxylic acids is 1. The number of carbonyl (C=O) groups is 1. The van der Waals surface area contributed by atoms with Gasteiger partial charge < -0.3 is 9.64 Å². The summed E-state index contributed by atoms with van der Waals surface area (Å²) in [5, 5.41) is 0.182. The molecule has 0 saturated heterocycles. The van der Waals surface area contributed by atoms with Crippen LogP contribution >= 0.6 is 11.5 Å². The third kappa shape index (κ3) is 4.17. The molecule has 1 amide bonds. The third-order valence-corrected chi connectivity index (χ3v) is 7.43. The summed E-state index contributed by atoms with van der Waals surface area (Å²) in [4.78, 5) is 18.1. The van der Waals surface area contributed by atoms with Gasteiger partial charge in [0.2, 0.25) is 11.0 Å². The average Bonchev–Trinajstić information content (AvgIpc) is 3.29. The van der Waals surface area contributed by atoms with Gasteiger partial charge in [0.1, 0.15) is 18.8 Å². The molecule has 1 aliphatic rings. The Labute approximate surface area is 189 Å². The Bertz CT molecular complexity index is 1250. The van der Waals surface area contributed by atoms with Crippen LogP contribution < -0.4 is 9.46 Å². The minimum absolute atomic E-state index is 0.0983. The minimum atomic E-state index is -3.84. The van der Waals surface area contributed by atoms with Crippen LogP contribution in [0, 0.1) is 0 Å². The zero-order valence-corrected chi connectivity index (χ0v) is 19.0. The molecule has 8 nitrogen and oxygen atoms in total. The number of ether oxygens (including phenoxy) is 1. The van der Waals surface area contributed by atoms with Crippen molar-refractivity contribution in [2.45, 2.75) is 31.0 Å². The van der Waals surface area contributed by atoms with Gasteiger partial charge in [-0.25, -0.2) is 17.8 Å². The highest BCUT2D eigenvalue weighted by molar-refractivity contribution is 7.93. The van der Waals surface area contributed by atoms with E-state index < -0.39 is 22.7 Å². The molecule has 4 rings (SSSR count). The Morgan fingerprint density at radius 3 is 2.72 bits per heavy atom. The highest BCUT2D eigenvalue weighted by Gasteiger charge is 2.33.